The lowest BCUT2D eigenvalue weighted by Crippen LogP contribution is -2.19. The minimum Gasteiger partial charge on any atom is -0.324 e. The van der Waals surface area contributed by atoms with Crippen LogP contribution < -0.4 is 5.32 Å². The number of hydrogen-bond acceptors (Lipinski definition) is 4. The second-order valence-electron chi connectivity index (χ2n) is 3.98. The van der Waals surface area contributed by atoms with Gasteiger partial charge in [-0.25, -0.2) is 9.67 Å². The zero-order valence-electron chi connectivity index (χ0n) is 10.5. The van der Waals surface area contributed by atoms with Gasteiger partial charge in [0.15, 0.2) is 0 Å². The van der Waals surface area contributed by atoms with Gasteiger partial charge in [0.1, 0.15) is 18.9 Å². The highest BCUT2D eigenvalue weighted by Crippen LogP contribution is 2.09. The van der Waals surface area contributed by atoms with Gasteiger partial charge in [-0.2, -0.15) is 5.26 Å². The smallest absolute Gasteiger partial charge is 0.252 e. The van der Waals surface area contributed by atoms with Crippen LogP contribution in [0.1, 0.15) is 18.3 Å². The molecule has 0 saturated heterocycles. The molecule has 1 amide bonds. The monoisotopic (exact) mass is 255 g/mol. The molecule has 2 rings (SSSR count). The molecule has 96 valence electrons. The Labute approximate surface area is 110 Å². The second kappa shape index (κ2) is 5.78. The number of anilines is 1. The first-order valence-electron chi connectivity index (χ1n) is 5.89. The van der Waals surface area contributed by atoms with Gasteiger partial charge in [0.05, 0.1) is 0 Å². The van der Waals surface area contributed by atoms with E-state index < -0.39 is 0 Å². The van der Waals surface area contributed by atoms with E-state index in [9.17, 15) is 4.79 Å². The van der Waals surface area contributed by atoms with Crippen molar-refractivity contribution in [2.24, 2.45) is 0 Å². The molecule has 1 N–H and O–H groups in total. The lowest BCUT2D eigenvalue weighted by Gasteiger charge is -2.05. The van der Waals surface area contributed by atoms with Gasteiger partial charge in [0.25, 0.3) is 5.82 Å². The van der Waals surface area contributed by atoms with Crippen LogP contribution in [0.3, 0.4) is 0 Å². The van der Waals surface area contributed by atoms with Crippen LogP contribution in [0.2, 0.25) is 0 Å². The average Bonchev–Trinajstić information content (AvgIpc) is 2.87. The maximum Gasteiger partial charge on any atom is 0.252 e. The number of nitrogens with zero attached hydrogens (tertiary/aromatic N) is 4. The minimum absolute atomic E-state index is 0.0320. The van der Waals surface area contributed by atoms with Gasteiger partial charge in [0, 0.05) is 5.69 Å². The van der Waals surface area contributed by atoms with Crippen molar-refractivity contribution in [3.05, 3.63) is 42.0 Å². The predicted molar refractivity (Wildman–Crippen MR) is 69.2 cm³/mol. The summed E-state index contributed by atoms with van der Waals surface area (Å²) in [6.45, 7) is 2.11. The van der Waals surface area contributed by atoms with Crippen molar-refractivity contribution in [2.45, 2.75) is 19.9 Å². The van der Waals surface area contributed by atoms with Crippen molar-refractivity contribution in [3.8, 4) is 6.07 Å². The van der Waals surface area contributed by atoms with Crippen LogP contribution in [0.15, 0.2) is 30.6 Å². The quantitative estimate of drug-likeness (QED) is 0.893. The molecule has 2 aromatic rings. The van der Waals surface area contributed by atoms with Crippen LogP contribution in [0, 0.1) is 11.3 Å². The zero-order valence-corrected chi connectivity index (χ0v) is 10.5. The topological polar surface area (TPSA) is 83.6 Å². The summed E-state index contributed by atoms with van der Waals surface area (Å²) in [5.74, 6) is -0.154. The Morgan fingerprint density at radius 1 is 1.42 bits per heavy atom. The standard InChI is InChI=1S/C13H13N5O/c1-2-10-3-5-11(6-4-10)16-13(19)8-18-9-15-12(7-14)17-18/h3-6,9H,2,8H2,1H3,(H,16,19). The molecule has 1 aromatic carbocycles. The van der Waals surface area contributed by atoms with Gasteiger partial charge in [-0.3, -0.25) is 4.79 Å². The number of carbonyl (C=O) groups excluding carboxylic acids is 1. The first kappa shape index (κ1) is 12.8. The summed E-state index contributed by atoms with van der Waals surface area (Å²) < 4.78 is 1.33. The summed E-state index contributed by atoms with van der Waals surface area (Å²) in [5.41, 5.74) is 1.95. The lowest BCUT2D eigenvalue weighted by atomic mass is 10.1. The fourth-order valence-corrected chi connectivity index (χ4v) is 1.59. The van der Waals surface area contributed by atoms with Crippen LogP contribution in [-0.2, 0) is 17.8 Å². The molecule has 1 aromatic heterocycles. The summed E-state index contributed by atoms with van der Waals surface area (Å²) >= 11 is 0. The van der Waals surface area contributed by atoms with Gasteiger partial charge in [0.2, 0.25) is 5.91 Å². The van der Waals surface area contributed by atoms with Crippen LogP contribution in [0.5, 0.6) is 0 Å². The van der Waals surface area contributed by atoms with Gasteiger partial charge in [-0.15, -0.1) is 5.10 Å². The molecule has 0 aliphatic heterocycles. The normalized spacial score (nSPS) is 9.89. The van der Waals surface area contributed by atoms with E-state index in [1.807, 2.05) is 30.3 Å². The van der Waals surface area contributed by atoms with E-state index in [1.54, 1.807) is 0 Å². The number of hydrogen-bond donors (Lipinski definition) is 1. The maximum atomic E-state index is 11.8. The van der Waals surface area contributed by atoms with E-state index in [0.29, 0.717) is 0 Å². The number of amides is 1. The summed E-state index contributed by atoms with van der Waals surface area (Å²) in [4.78, 5) is 15.5. The molecule has 0 unspecified atom stereocenters. The highest BCUT2D eigenvalue weighted by atomic mass is 16.2. The van der Waals surface area contributed by atoms with Gasteiger partial charge < -0.3 is 5.32 Å². The van der Waals surface area contributed by atoms with Gasteiger partial charge in [-0.1, -0.05) is 19.1 Å². The Morgan fingerprint density at radius 2 is 2.16 bits per heavy atom. The van der Waals surface area contributed by atoms with Gasteiger partial charge in [-0.05, 0) is 24.1 Å². The third-order valence-corrected chi connectivity index (χ3v) is 2.59. The molecule has 6 nitrogen and oxygen atoms in total. The number of aryl methyl sites for hydroxylation is 1. The Bertz CT molecular complexity index is 609. The Balaban J connectivity index is 1.95. The molecule has 0 saturated carbocycles. The van der Waals surface area contributed by atoms with Crippen molar-refractivity contribution in [2.75, 3.05) is 5.32 Å². The van der Waals surface area contributed by atoms with Crippen molar-refractivity contribution in [1.82, 2.24) is 14.8 Å². The number of nitriles is 1. The third kappa shape index (κ3) is 3.39. The Kier molecular flexibility index (Phi) is 3.88. The van der Waals surface area contributed by atoms with Crippen LogP contribution >= 0.6 is 0 Å². The SMILES string of the molecule is CCc1ccc(NC(=O)Cn2cnc(C#N)n2)cc1. The largest absolute Gasteiger partial charge is 0.324 e. The van der Waals surface area contributed by atoms with E-state index in [1.165, 1.54) is 16.6 Å². The molecule has 0 atom stereocenters. The highest BCUT2D eigenvalue weighted by Gasteiger charge is 2.06. The minimum atomic E-state index is -0.210. The summed E-state index contributed by atoms with van der Waals surface area (Å²) in [6, 6.07) is 9.47. The second-order valence-corrected chi connectivity index (χ2v) is 3.98. The number of benzene rings is 1. The van der Waals surface area contributed by atoms with Crippen LogP contribution in [-0.4, -0.2) is 20.7 Å². The van der Waals surface area contributed by atoms with E-state index in [0.717, 1.165) is 12.1 Å². The molecule has 0 aliphatic carbocycles. The van der Waals surface area contributed by atoms with E-state index >= 15 is 0 Å². The third-order valence-electron chi connectivity index (χ3n) is 2.59. The van der Waals surface area contributed by atoms with Crippen molar-refractivity contribution in [3.63, 3.8) is 0 Å². The molecular formula is C13H13N5O. The predicted octanol–water partition coefficient (Wildman–Crippen LogP) is 1.35. The number of nitrogens with one attached hydrogen (secondary N) is 1. The highest BCUT2D eigenvalue weighted by molar-refractivity contribution is 5.90. The molecule has 0 bridgehead atoms. The molecule has 0 aliphatic rings. The average molecular weight is 255 g/mol. The van der Waals surface area contributed by atoms with Crippen LogP contribution in [0.4, 0.5) is 5.69 Å². The van der Waals surface area contributed by atoms with Crippen molar-refractivity contribution >= 4 is 11.6 Å². The van der Waals surface area contributed by atoms with E-state index in [-0.39, 0.29) is 18.3 Å². The van der Waals surface area contributed by atoms with Crippen LogP contribution in [0.25, 0.3) is 0 Å². The molecule has 1 heterocycles. The fraction of sp³-hybridized carbons (Fsp3) is 0.231. The first-order valence-corrected chi connectivity index (χ1v) is 5.89. The van der Waals surface area contributed by atoms with E-state index in [2.05, 4.69) is 22.3 Å². The lowest BCUT2D eigenvalue weighted by molar-refractivity contribution is -0.116. The Hall–Kier alpha value is -2.68. The zero-order chi connectivity index (χ0) is 13.7. The summed E-state index contributed by atoms with van der Waals surface area (Å²) in [5, 5.41) is 15.2. The van der Waals surface area contributed by atoms with E-state index in [4.69, 9.17) is 5.26 Å². The molecular weight excluding hydrogens is 242 g/mol. The fourth-order valence-electron chi connectivity index (χ4n) is 1.59. The number of aromatic nitrogens is 3. The van der Waals surface area contributed by atoms with Crippen molar-refractivity contribution in [1.29, 1.82) is 5.26 Å². The molecule has 0 spiro atoms. The summed E-state index contributed by atoms with van der Waals surface area (Å²) in [6.07, 6.45) is 2.32. The first-order chi connectivity index (χ1) is 9.21. The number of carbonyl (C=O) groups is 1. The molecule has 19 heavy (non-hydrogen) atoms. The molecule has 0 radical (unpaired) electrons. The summed E-state index contributed by atoms with van der Waals surface area (Å²) in [7, 11) is 0. The molecule has 0 fully saturated rings. The Morgan fingerprint density at radius 3 is 2.74 bits per heavy atom. The van der Waals surface area contributed by atoms with Gasteiger partial charge >= 0.3 is 0 Å². The number of rotatable bonds is 4. The molecule has 6 heteroatoms. The maximum absolute atomic E-state index is 11.8. The van der Waals surface area contributed by atoms with Crippen molar-refractivity contribution < 1.29 is 4.79 Å².